The molecule has 0 bridgehead atoms. The first-order valence-corrected chi connectivity index (χ1v) is 23.1. The summed E-state index contributed by atoms with van der Waals surface area (Å²) in [4.78, 5) is -1.87. The lowest BCUT2D eigenvalue weighted by Crippen LogP contribution is -2.03. The lowest BCUT2D eigenvalue weighted by atomic mass is 10.1. The maximum absolute atomic E-state index is 12.9. The van der Waals surface area contributed by atoms with Gasteiger partial charge in [0.1, 0.15) is 15.5 Å². The molecule has 21 nitrogen and oxygen atoms in total. The molecule has 63 heavy (non-hydrogen) atoms. The van der Waals surface area contributed by atoms with Crippen molar-refractivity contribution in [3.8, 4) is 0 Å². The molecule has 0 aliphatic carbocycles. The van der Waals surface area contributed by atoms with Crippen molar-refractivity contribution in [3.05, 3.63) is 150 Å². The van der Waals surface area contributed by atoms with Crippen molar-refractivity contribution in [1.82, 2.24) is 0 Å². The molecule has 4 N–H and O–H groups in total. The van der Waals surface area contributed by atoms with Crippen LogP contribution in [0.5, 0.6) is 0 Å². The summed E-state index contributed by atoms with van der Waals surface area (Å²) in [5.74, 6) is 0. The van der Waals surface area contributed by atoms with Crippen LogP contribution in [0.1, 0.15) is 11.1 Å². The van der Waals surface area contributed by atoms with Gasteiger partial charge >= 0.3 is 0 Å². The van der Waals surface area contributed by atoms with Gasteiger partial charge in [-0.15, -0.1) is 0 Å². The lowest BCUT2D eigenvalue weighted by Gasteiger charge is -2.07. The molecule has 322 valence electrons. The molecule has 6 aromatic rings. The van der Waals surface area contributed by atoms with Gasteiger partial charge in [-0.05, 0) is 126 Å². The molecule has 0 aromatic heterocycles. The van der Waals surface area contributed by atoms with E-state index in [1.165, 1.54) is 91.0 Å². The van der Waals surface area contributed by atoms with E-state index in [0.29, 0.717) is 22.7 Å². The minimum atomic E-state index is -4.97. The largest absolute Gasteiger partial charge is 0.594 e. The Balaban J connectivity index is 1.16. The molecule has 0 saturated carbocycles. The van der Waals surface area contributed by atoms with Crippen LogP contribution < -0.4 is 0 Å². The van der Waals surface area contributed by atoms with Crippen LogP contribution in [0.25, 0.3) is 12.2 Å². The normalized spacial score (nSPS) is 13.2. The van der Waals surface area contributed by atoms with E-state index in [2.05, 4.69) is 35.8 Å². The van der Waals surface area contributed by atoms with Gasteiger partial charge in [-0.25, -0.2) is 0 Å². The van der Waals surface area contributed by atoms with Gasteiger partial charge in [-0.1, -0.05) is 23.1 Å². The summed E-state index contributed by atoms with van der Waals surface area (Å²) >= 11 is 0. The maximum Gasteiger partial charge on any atom is 0.295 e. The Morgan fingerprint density at radius 1 is 0.381 bits per heavy atom. The first kappa shape index (κ1) is 45.4. The highest BCUT2D eigenvalue weighted by Gasteiger charge is 2.20. The fraction of sp³-hybridized carbons (Fsp3) is 0. The monoisotopic (exact) mass is 932 g/mol. The zero-order valence-electron chi connectivity index (χ0n) is 31.5. The van der Waals surface area contributed by atoms with Crippen molar-refractivity contribution in [1.29, 1.82) is 0 Å². The van der Waals surface area contributed by atoms with Crippen molar-refractivity contribution in [2.45, 2.75) is 19.6 Å². The molecule has 0 saturated heterocycles. The molecule has 0 amide bonds. The Labute approximate surface area is 358 Å². The molecule has 0 spiro atoms. The van der Waals surface area contributed by atoms with Crippen LogP contribution in [-0.4, -0.2) is 56.7 Å². The molecular formula is C38H28N8O13S4. The Morgan fingerprint density at radius 3 is 1.05 bits per heavy atom. The van der Waals surface area contributed by atoms with Crippen LogP contribution in [-0.2, 0) is 40.5 Å². The van der Waals surface area contributed by atoms with E-state index in [4.69, 9.17) is 9.11 Å². The molecule has 0 aliphatic rings. The third-order valence-electron chi connectivity index (χ3n) is 8.23. The molecule has 0 radical (unpaired) electrons. The molecule has 6 rings (SSSR count). The average molecular weight is 933 g/mol. The average Bonchev–Trinajstić information content (AvgIpc) is 3.23. The summed E-state index contributed by atoms with van der Waals surface area (Å²) < 4.78 is 133. The van der Waals surface area contributed by atoms with Crippen LogP contribution in [0, 0.1) is 5.21 Å². The zero-order valence-corrected chi connectivity index (χ0v) is 34.8. The summed E-state index contributed by atoms with van der Waals surface area (Å²) in [6, 6.07) is 28.6. The number of hydrogen-bond donors (Lipinski definition) is 4. The SMILES string of the molecule is O=S(=O)(O)c1ccc(N=Nc2ccc(N=Nc3ccc(C=Cc4ccc([N+]([O-])=Nc5ccc(N=Nc6ccc(S(=O)(=O)O)cc6)cc5)cc4S(=O)(=O)O)c(S(=O)(=O)O)c3)cc2)cc1. The van der Waals surface area contributed by atoms with Gasteiger partial charge in [0, 0.05) is 17.2 Å². The number of rotatable bonds is 14. The minimum absolute atomic E-state index is 0.00418. The highest BCUT2D eigenvalue weighted by Crippen LogP contribution is 2.31. The second-order valence-electron chi connectivity index (χ2n) is 12.7. The Bertz CT molecular complexity index is 3310. The van der Waals surface area contributed by atoms with Gasteiger partial charge in [0.15, 0.2) is 0 Å². The summed E-state index contributed by atoms with van der Waals surface area (Å²) in [5.41, 5.74) is 1.16. The van der Waals surface area contributed by atoms with Crippen molar-refractivity contribution in [2.24, 2.45) is 35.8 Å². The number of benzene rings is 6. The molecule has 6 aromatic carbocycles. The predicted molar refractivity (Wildman–Crippen MR) is 225 cm³/mol. The lowest BCUT2D eigenvalue weighted by molar-refractivity contribution is -0.435. The molecule has 25 heteroatoms. The first-order valence-electron chi connectivity index (χ1n) is 17.3. The standard InChI is InChI=1S/C38H28N8O13S4/c47-46(45-32-12-10-29(11-13-32)40-42-31-16-21-36(22-17-31)61(51,52)53)34-18-4-26(38(24-34)63(57,58)59)2-1-25-3-5-33(23-37(25)62(54,55)56)44-43-28-8-6-27(7-9-28)39-41-30-14-19-35(20-15-30)60(48,49)50/h1-24H,(H,48,49,50)(H,51,52,53)(H,54,55,56)(H,57,58,59). The van der Waals surface area contributed by atoms with Gasteiger partial charge in [-0.2, -0.15) is 64.4 Å². The van der Waals surface area contributed by atoms with Gasteiger partial charge in [-0.3, -0.25) is 18.2 Å². The summed E-state index contributed by atoms with van der Waals surface area (Å²) in [6.45, 7) is 0. The summed E-state index contributed by atoms with van der Waals surface area (Å²) in [6.07, 6.45) is 2.28. The predicted octanol–water partition coefficient (Wildman–Crippen LogP) is 10.0. The molecule has 0 unspecified atom stereocenters. The quantitative estimate of drug-likeness (QED) is 0.0260. The summed E-state index contributed by atoms with van der Waals surface area (Å²) in [7, 11) is -18.6. The second-order valence-corrected chi connectivity index (χ2v) is 18.3. The van der Waals surface area contributed by atoms with Crippen molar-refractivity contribution in [2.75, 3.05) is 0 Å². The Kier molecular flexibility index (Phi) is 13.3. The number of azo groups is 4. The van der Waals surface area contributed by atoms with Gasteiger partial charge in [0.2, 0.25) is 5.69 Å². The van der Waals surface area contributed by atoms with Gasteiger partial charge < -0.3 is 5.21 Å². The highest BCUT2D eigenvalue weighted by molar-refractivity contribution is 7.86. The van der Waals surface area contributed by atoms with E-state index in [9.17, 15) is 48.0 Å². The highest BCUT2D eigenvalue weighted by atomic mass is 32.2. The van der Waals surface area contributed by atoms with Crippen LogP contribution in [0.3, 0.4) is 0 Å². The fourth-order valence-electron chi connectivity index (χ4n) is 5.18. The molecule has 0 heterocycles. The van der Waals surface area contributed by atoms with Gasteiger partial charge in [0.25, 0.3) is 40.5 Å². The van der Waals surface area contributed by atoms with Crippen molar-refractivity contribution >= 4 is 98.1 Å². The minimum Gasteiger partial charge on any atom is -0.594 e. The first-order chi connectivity index (χ1) is 29.6. The topological polar surface area (TPSA) is 330 Å². The Morgan fingerprint density at radius 2 is 0.683 bits per heavy atom. The molecule has 0 fully saturated rings. The van der Waals surface area contributed by atoms with Gasteiger partial charge in [0.05, 0.1) is 43.9 Å². The molecular weight excluding hydrogens is 905 g/mol. The van der Waals surface area contributed by atoms with E-state index in [-0.39, 0.29) is 48.5 Å². The third kappa shape index (κ3) is 12.5. The molecule has 0 aliphatic heterocycles. The second kappa shape index (κ2) is 18.5. The van der Waals surface area contributed by atoms with Crippen LogP contribution in [0.15, 0.2) is 189 Å². The zero-order chi connectivity index (χ0) is 45.6. The van der Waals surface area contributed by atoms with Crippen molar-refractivity contribution in [3.63, 3.8) is 0 Å². The fourth-order valence-corrected chi connectivity index (χ4v) is 7.55. The van der Waals surface area contributed by atoms with E-state index < -0.39 is 50.3 Å². The van der Waals surface area contributed by atoms with E-state index >= 15 is 0 Å². The van der Waals surface area contributed by atoms with E-state index in [0.717, 1.165) is 42.5 Å². The number of hydrogen-bond acceptors (Lipinski definition) is 16. The smallest absolute Gasteiger partial charge is 0.295 e. The van der Waals surface area contributed by atoms with E-state index in [1.54, 1.807) is 12.1 Å². The van der Waals surface area contributed by atoms with Crippen molar-refractivity contribution < 1.29 is 56.7 Å². The van der Waals surface area contributed by atoms with Crippen LogP contribution >= 0.6 is 0 Å². The van der Waals surface area contributed by atoms with E-state index in [1.807, 2.05) is 0 Å². The number of nitrogens with zero attached hydrogens (tertiary/aromatic N) is 8. The van der Waals surface area contributed by atoms with Crippen LogP contribution in [0.4, 0.5) is 45.5 Å². The maximum atomic E-state index is 12.9. The Hall–Kier alpha value is -7.10. The molecule has 0 atom stereocenters. The third-order valence-corrected chi connectivity index (χ3v) is 11.8. The summed E-state index contributed by atoms with van der Waals surface area (Å²) in [5, 5.41) is 40.9. The van der Waals surface area contributed by atoms with Crippen LogP contribution in [0.2, 0.25) is 0 Å².